The van der Waals surface area contributed by atoms with Gasteiger partial charge in [0.25, 0.3) is 0 Å². The molecule has 1 aliphatic heterocycles. The van der Waals surface area contributed by atoms with Crippen molar-refractivity contribution in [2.24, 2.45) is 0 Å². The lowest BCUT2D eigenvalue weighted by atomic mass is 9.89. The van der Waals surface area contributed by atoms with Crippen LogP contribution in [0.5, 0.6) is 5.75 Å². The molecule has 1 aliphatic rings. The lowest BCUT2D eigenvalue weighted by molar-refractivity contribution is 0.0599. The van der Waals surface area contributed by atoms with Crippen LogP contribution in [0, 0.1) is 5.82 Å². The highest BCUT2D eigenvalue weighted by molar-refractivity contribution is 5.85. The fourth-order valence-electron chi connectivity index (χ4n) is 4.60. The SMILES string of the molecule is OC(COc1cccc2[nH]ccc12)CN1CCC(c2c[nH]c3ccc(F)cc23)CC1. The highest BCUT2D eigenvalue weighted by atomic mass is 19.1. The van der Waals surface area contributed by atoms with E-state index in [1.54, 1.807) is 12.1 Å². The minimum Gasteiger partial charge on any atom is -0.490 e. The Morgan fingerprint density at radius 2 is 1.90 bits per heavy atom. The zero-order valence-electron chi connectivity index (χ0n) is 16.8. The van der Waals surface area contributed by atoms with Crippen LogP contribution in [0.1, 0.15) is 24.3 Å². The maximum Gasteiger partial charge on any atom is 0.128 e. The minimum atomic E-state index is -0.544. The Balaban J connectivity index is 1.15. The van der Waals surface area contributed by atoms with E-state index < -0.39 is 6.10 Å². The molecule has 1 fully saturated rings. The van der Waals surface area contributed by atoms with Crippen molar-refractivity contribution in [3.8, 4) is 5.75 Å². The molecule has 3 N–H and O–H groups in total. The average molecular weight is 407 g/mol. The van der Waals surface area contributed by atoms with Crippen LogP contribution in [-0.2, 0) is 0 Å². The van der Waals surface area contributed by atoms with Gasteiger partial charge in [-0.05, 0) is 73.8 Å². The van der Waals surface area contributed by atoms with Crippen molar-refractivity contribution < 1.29 is 14.2 Å². The van der Waals surface area contributed by atoms with Gasteiger partial charge in [-0.25, -0.2) is 4.39 Å². The number of halogens is 1. The van der Waals surface area contributed by atoms with E-state index in [-0.39, 0.29) is 12.4 Å². The summed E-state index contributed by atoms with van der Waals surface area (Å²) in [6.45, 7) is 2.69. The first-order valence-corrected chi connectivity index (χ1v) is 10.5. The third-order valence-corrected chi connectivity index (χ3v) is 6.16. The largest absolute Gasteiger partial charge is 0.490 e. The molecule has 30 heavy (non-hydrogen) atoms. The summed E-state index contributed by atoms with van der Waals surface area (Å²) in [6, 6.07) is 12.8. The smallest absolute Gasteiger partial charge is 0.128 e. The Morgan fingerprint density at radius 1 is 1.07 bits per heavy atom. The summed E-state index contributed by atoms with van der Waals surface area (Å²) < 4.78 is 19.6. The summed E-state index contributed by atoms with van der Waals surface area (Å²) in [5.41, 5.74) is 3.22. The molecule has 4 aromatic rings. The van der Waals surface area contributed by atoms with Gasteiger partial charge in [0.2, 0.25) is 0 Å². The van der Waals surface area contributed by atoms with E-state index in [2.05, 4.69) is 14.9 Å². The normalized spacial score (nSPS) is 17.0. The van der Waals surface area contributed by atoms with Crippen molar-refractivity contribution in [2.45, 2.75) is 24.9 Å². The summed E-state index contributed by atoms with van der Waals surface area (Å²) in [7, 11) is 0. The number of hydrogen-bond donors (Lipinski definition) is 3. The number of aromatic nitrogens is 2. The number of ether oxygens (including phenoxy) is 1. The van der Waals surface area contributed by atoms with Crippen LogP contribution in [0.15, 0.2) is 54.9 Å². The van der Waals surface area contributed by atoms with Gasteiger partial charge >= 0.3 is 0 Å². The average Bonchev–Trinajstić information content (AvgIpc) is 3.40. The maximum atomic E-state index is 13.7. The molecule has 0 spiro atoms. The molecule has 0 saturated carbocycles. The van der Waals surface area contributed by atoms with Gasteiger partial charge in [-0.1, -0.05) is 6.07 Å². The zero-order chi connectivity index (χ0) is 20.5. The number of rotatable bonds is 6. The van der Waals surface area contributed by atoms with Crippen LogP contribution in [0.25, 0.3) is 21.8 Å². The molecule has 1 unspecified atom stereocenters. The van der Waals surface area contributed by atoms with Crippen LogP contribution < -0.4 is 4.74 Å². The summed E-state index contributed by atoms with van der Waals surface area (Å²) >= 11 is 0. The van der Waals surface area contributed by atoms with E-state index in [0.717, 1.165) is 53.5 Å². The Bertz CT molecular complexity index is 1140. The second kappa shape index (κ2) is 8.13. The number of β-amino-alcohol motifs (C(OH)–C–C–N with tert-alkyl or cyclic N) is 1. The summed E-state index contributed by atoms with van der Waals surface area (Å²) in [5.74, 6) is 1.01. The number of H-pyrrole nitrogens is 2. The number of piperidine rings is 1. The van der Waals surface area contributed by atoms with Gasteiger partial charge in [-0.15, -0.1) is 0 Å². The Morgan fingerprint density at radius 3 is 2.77 bits per heavy atom. The fraction of sp³-hybridized carbons (Fsp3) is 0.333. The molecule has 156 valence electrons. The number of nitrogens with one attached hydrogen (secondary N) is 2. The van der Waals surface area contributed by atoms with Gasteiger partial charge in [-0.2, -0.15) is 0 Å². The highest BCUT2D eigenvalue weighted by Crippen LogP contribution is 2.33. The fourth-order valence-corrected chi connectivity index (χ4v) is 4.60. The Hall–Kier alpha value is -2.83. The van der Waals surface area contributed by atoms with Crippen LogP contribution in [0.2, 0.25) is 0 Å². The zero-order valence-corrected chi connectivity index (χ0v) is 16.8. The van der Waals surface area contributed by atoms with Gasteiger partial charge in [0.1, 0.15) is 24.3 Å². The van der Waals surface area contributed by atoms with E-state index >= 15 is 0 Å². The van der Waals surface area contributed by atoms with Gasteiger partial charge in [0, 0.05) is 40.7 Å². The highest BCUT2D eigenvalue weighted by Gasteiger charge is 2.24. The summed E-state index contributed by atoms with van der Waals surface area (Å²) in [5, 5.41) is 12.5. The first-order valence-electron chi connectivity index (χ1n) is 10.5. The van der Waals surface area contributed by atoms with E-state index in [1.807, 2.05) is 36.7 Å². The quantitative estimate of drug-likeness (QED) is 0.444. The molecule has 6 heteroatoms. The van der Waals surface area contributed by atoms with E-state index in [1.165, 1.54) is 11.6 Å². The van der Waals surface area contributed by atoms with Crippen molar-refractivity contribution >= 4 is 21.8 Å². The molecule has 1 atom stereocenters. The predicted molar refractivity (Wildman–Crippen MR) is 116 cm³/mol. The van der Waals surface area contributed by atoms with Crippen molar-refractivity contribution in [2.75, 3.05) is 26.2 Å². The molecule has 1 saturated heterocycles. The first kappa shape index (κ1) is 19.2. The number of aromatic amines is 2. The minimum absolute atomic E-state index is 0.195. The third-order valence-electron chi connectivity index (χ3n) is 6.16. The number of hydrogen-bond acceptors (Lipinski definition) is 3. The lowest BCUT2D eigenvalue weighted by Crippen LogP contribution is -2.40. The van der Waals surface area contributed by atoms with Crippen molar-refractivity contribution in [1.29, 1.82) is 0 Å². The first-order chi connectivity index (χ1) is 14.7. The van der Waals surface area contributed by atoms with Gasteiger partial charge in [0.15, 0.2) is 0 Å². The standard InChI is InChI=1S/C24H26FN3O2/c25-17-4-5-23-20(12-17)21(13-27-23)16-7-10-28(11-8-16)14-18(29)15-30-24-3-1-2-22-19(24)6-9-26-22/h1-6,9,12-13,16,18,26-27,29H,7-8,10-11,14-15H2. The molecule has 2 aromatic heterocycles. The van der Waals surface area contributed by atoms with Crippen molar-refractivity contribution in [3.63, 3.8) is 0 Å². The molecule has 0 aliphatic carbocycles. The number of aliphatic hydroxyl groups is 1. The number of likely N-dealkylation sites (tertiary alicyclic amines) is 1. The van der Waals surface area contributed by atoms with Crippen molar-refractivity contribution in [3.05, 3.63) is 66.2 Å². The second-order valence-corrected chi connectivity index (χ2v) is 8.17. The van der Waals surface area contributed by atoms with Crippen molar-refractivity contribution in [1.82, 2.24) is 14.9 Å². The van der Waals surface area contributed by atoms with Gasteiger partial charge in [0.05, 0.1) is 0 Å². The van der Waals surface area contributed by atoms with Crippen LogP contribution >= 0.6 is 0 Å². The molecular weight excluding hydrogens is 381 g/mol. The van der Waals surface area contributed by atoms with Crippen LogP contribution in [0.3, 0.4) is 0 Å². The van der Waals surface area contributed by atoms with Crippen LogP contribution in [0.4, 0.5) is 4.39 Å². The van der Waals surface area contributed by atoms with E-state index in [4.69, 9.17) is 4.74 Å². The molecule has 5 nitrogen and oxygen atoms in total. The Labute approximate surface area is 174 Å². The molecule has 0 bridgehead atoms. The number of fused-ring (bicyclic) bond motifs is 2. The number of benzene rings is 2. The molecule has 0 amide bonds. The molecule has 3 heterocycles. The van der Waals surface area contributed by atoms with Gasteiger partial charge < -0.3 is 24.7 Å². The predicted octanol–water partition coefficient (Wildman–Crippen LogP) is 4.41. The van der Waals surface area contributed by atoms with Crippen LogP contribution in [-0.4, -0.2) is 52.3 Å². The lowest BCUT2D eigenvalue weighted by Gasteiger charge is -2.33. The molecule has 5 rings (SSSR count). The maximum absolute atomic E-state index is 13.7. The van der Waals surface area contributed by atoms with E-state index in [9.17, 15) is 9.50 Å². The Kier molecular flexibility index (Phi) is 5.19. The monoisotopic (exact) mass is 407 g/mol. The summed E-state index contributed by atoms with van der Waals surface area (Å²) in [6.07, 6.45) is 5.37. The topological polar surface area (TPSA) is 64.3 Å². The summed E-state index contributed by atoms with van der Waals surface area (Å²) in [4.78, 5) is 8.72. The third kappa shape index (κ3) is 3.80. The number of aliphatic hydroxyl groups excluding tert-OH is 1. The number of nitrogens with zero attached hydrogens (tertiary/aromatic N) is 1. The molecule has 0 radical (unpaired) electrons. The second-order valence-electron chi connectivity index (χ2n) is 8.17. The van der Waals surface area contributed by atoms with Gasteiger partial charge in [-0.3, -0.25) is 0 Å². The van der Waals surface area contributed by atoms with E-state index in [0.29, 0.717) is 12.5 Å². The molecule has 2 aromatic carbocycles. The molecular formula is C24H26FN3O2.